The number of aryl methyl sites for hydroxylation is 1. The summed E-state index contributed by atoms with van der Waals surface area (Å²) in [4.78, 5) is 26.5. The number of anilines is 2. The third-order valence-corrected chi connectivity index (χ3v) is 9.39. The fraction of sp³-hybridized carbons (Fsp3) is 0.333. The molecule has 3 saturated heterocycles. The first-order chi connectivity index (χ1) is 21.0. The molecular formula is C33H34N8O2. The molecule has 0 aliphatic carbocycles. The number of benzene rings is 1. The Morgan fingerprint density at radius 2 is 1.91 bits per heavy atom. The van der Waals surface area contributed by atoms with Crippen LogP contribution in [0.2, 0.25) is 0 Å². The van der Waals surface area contributed by atoms with E-state index in [2.05, 4.69) is 43.5 Å². The Balaban J connectivity index is 0.964. The van der Waals surface area contributed by atoms with Crippen molar-refractivity contribution in [3.63, 3.8) is 0 Å². The number of ether oxygens (including phenoxy) is 1. The summed E-state index contributed by atoms with van der Waals surface area (Å²) in [6, 6.07) is 11.9. The topological polar surface area (TPSA) is 92.3 Å². The number of carbonyl (C=O) groups excluding carboxylic acids is 1. The Bertz CT molecular complexity index is 1860. The zero-order valence-electron chi connectivity index (χ0n) is 24.2. The number of carbonyl (C=O) groups is 1. The average Bonchev–Trinajstić information content (AvgIpc) is 3.77. The van der Waals surface area contributed by atoms with E-state index in [0.29, 0.717) is 13.1 Å². The second-order valence-electron chi connectivity index (χ2n) is 12.0. The molecule has 0 saturated carbocycles. The van der Waals surface area contributed by atoms with Gasteiger partial charge in [0.1, 0.15) is 29.0 Å². The number of aromatic nitrogens is 5. The first-order valence-electron chi connectivity index (χ1n) is 15.1. The van der Waals surface area contributed by atoms with Gasteiger partial charge < -0.3 is 19.4 Å². The van der Waals surface area contributed by atoms with Crippen molar-refractivity contribution in [3.05, 3.63) is 90.8 Å². The molecule has 43 heavy (non-hydrogen) atoms. The van der Waals surface area contributed by atoms with Crippen LogP contribution in [-0.4, -0.2) is 71.4 Å². The van der Waals surface area contributed by atoms with E-state index in [9.17, 15) is 4.79 Å². The van der Waals surface area contributed by atoms with E-state index in [-0.39, 0.29) is 17.4 Å². The van der Waals surface area contributed by atoms with Gasteiger partial charge in [0, 0.05) is 67.2 Å². The number of nitrogens with one attached hydrogen (secondary N) is 1. The second-order valence-corrected chi connectivity index (χ2v) is 12.0. The van der Waals surface area contributed by atoms with Crippen molar-refractivity contribution < 1.29 is 9.53 Å². The molecule has 3 aliphatic heterocycles. The van der Waals surface area contributed by atoms with E-state index in [1.807, 2.05) is 69.7 Å². The molecular weight excluding hydrogens is 540 g/mol. The van der Waals surface area contributed by atoms with Crippen molar-refractivity contribution >= 4 is 28.6 Å². The Hall–Kier alpha value is -4.70. The highest BCUT2D eigenvalue weighted by Crippen LogP contribution is 2.40. The first kappa shape index (κ1) is 26.0. The van der Waals surface area contributed by atoms with Gasteiger partial charge in [0.05, 0.1) is 0 Å². The van der Waals surface area contributed by atoms with Gasteiger partial charge in [0.15, 0.2) is 5.82 Å². The highest BCUT2D eigenvalue weighted by molar-refractivity contribution is 5.89. The van der Waals surface area contributed by atoms with Gasteiger partial charge in [-0.3, -0.25) is 9.69 Å². The molecule has 0 unspecified atom stereocenters. The van der Waals surface area contributed by atoms with Gasteiger partial charge >= 0.3 is 0 Å². The molecule has 10 heteroatoms. The van der Waals surface area contributed by atoms with Crippen LogP contribution in [0, 0.1) is 6.92 Å². The fourth-order valence-corrected chi connectivity index (χ4v) is 7.07. The highest BCUT2D eigenvalue weighted by Gasteiger charge is 2.42. The molecule has 0 atom stereocenters. The average molecular weight is 575 g/mol. The third kappa shape index (κ3) is 4.62. The van der Waals surface area contributed by atoms with Crippen molar-refractivity contribution in [3.8, 4) is 11.5 Å². The van der Waals surface area contributed by atoms with Crippen molar-refractivity contribution in [2.24, 2.45) is 0 Å². The molecule has 218 valence electrons. The van der Waals surface area contributed by atoms with E-state index in [4.69, 9.17) is 4.74 Å². The van der Waals surface area contributed by atoms with Gasteiger partial charge in [-0.15, -0.1) is 0 Å². The molecule has 0 bridgehead atoms. The lowest BCUT2D eigenvalue weighted by molar-refractivity contribution is -0.130. The Morgan fingerprint density at radius 3 is 2.74 bits per heavy atom. The molecule has 4 aromatic heterocycles. The van der Waals surface area contributed by atoms with E-state index in [0.717, 1.165) is 58.4 Å². The smallest absolute Gasteiger partial charge is 0.246 e. The number of likely N-dealkylation sites (tertiary alicyclic amines) is 1. The molecule has 0 radical (unpaired) electrons. The summed E-state index contributed by atoms with van der Waals surface area (Å²) in [5.41, 5.74) is 4.94. The number of hydrogen-bond acceptors (Lipinski definition) is 7. The van der Waals surface area contributed by atoms with Crippen LogP contribution in [0.3, 0.4) is 0 Å². The molecule has 10 nitrogen and oxygen atoms in total. The lowest BCUT2D eigenvalue weighted by Gasteiger charge is -2.39. The van der Waals surface area contributed by atoms with Gasteiger partial charge in [-0.2, -0.15) is 5.10 Å². The quantitative estimate of drug-likeness (QED) is 0.263. The van der Waals surface area contributed by atoms with E-state index < -0.39 is 0 Å². The maximum absolute atomic E-state index is 13.0. The second kappa shape index (κ2) is 10.2. The highest BCUT2D eigenvalue weighted by atomic mass is 16.5. The normalized spacial score (nSPS) is 18.5. The summed E-state index contributed by atoms with van der Waals surface area (Å²) in [6.07, 6.45) is 18.0. The molecule has 0 spiro atoms. The minimum Gasteiger partial charge on any atom is -0.457 e. The summed E-state index contributed by atoms with van der Waals surface area (Å²) in [7, 11) is 0. The Kier molecular flexibility index (Phi) is 6.18. The summed E-state index contributed by atoms with van der Waals surface area (Å²) in [6.45, 7) is 5.74. The van der Waals surface area contributed by atoms with Crippen LogP contribution in [0.1, 0.15) is 42.7 Å². The number of amides is 1. The van der Waals surface area contributed by atoms with Crippen molar-refractivity contribution in [1.82, 2.24) is 33.8 Å². The molecule has 1 N–H and O–H groups in total. The summed E-state index contributed by atoms with van der Waals surface area (Å²) >= 11 is 0. The molecule has 7 heterocycles. The molecule has 1 amide bonds. The van der Waals surface area contributed by atoms with Crippen molar-refractivity contribution in [2.75, 3.05) is 31.5 Å². The number of nitrogens with zero attached hydrogens (tertiary/aromatic N) is 7. The largest absolute Gasteiger partial charge is 0.457 e. The zero-order valence-corrected chi connectivity index (χ0v) is 24.2. The summed E-state index contributed by atoms with van der Waals surface area (Å²) in [5, 5.41) is 7.94. The molecule has 3 fully saturated rings. The minimum absolute atomic E-state index is 0.116. The van der Waals surface area contributed by atoms with Crippen LogP contribution >= 0.6 is 0 Å². The molecule has 1 aromatic carbocycles. The SMILES string of the molecule is Cc1cc(Nc2ncnn3ccc(C4CN(C(=O)/C=C/C56CCCN5CCC6)C4)c23)ccc1Oc1ccn2ccnc2c1. The van der Waals surface area contributed by atoms with Gasteiger partial charge in [0.25, 0.3) is 0 Å². The van der Waals surface area contributed by atoms with E-state index in [1.54, 1.807) is 12.5 Å². The minimum atomic E-state index is 0.116. The number of imidazole rings is 1. The van der Waals surface area contributed by atoms with Gasteiger partial charge in [-0.1, -0.05) is 6.08 Å². The predicted molar refractivity (Wildman–Crippen MR) is 164 cm³/mol. The monoisotopic (exact) mass is 574 g/mol. The van der Waals surface area contributed by atoms with Gasteiger partial charge in [-0.25, -0.2) is 14.5 Å². The zero-order chi connectivity index (χ0) is 29.0. The maximum atomic E-state index is 13.0. The van der Waals surface area contributed by atoms with Gasteiger partial charge in [-0.05, 0) is 87.2 Å². The molecule has 5 aromatic rings. The van der Waals surface area contributed by atoms with Crippen LogP contribution < -0.4 is 10.1 Å². The van der Waals surface area contributed by atoms with Crippen LogP contribution in [0.4, 0.5) is 11.5 Å². The number of hydrogen-bond donors (Lipinski definition) is 1. The van der Waals surface area contributed by atoms with Crippen LogP contribution in [0.5, 0.6) is 11.5 Å². The number of rotatable bonds is 7. The predicted octanol–water partition coefficient (Wildman–Crippen LogP) is 5.33. The summed E-state index contributed by atoms with van der Waals surface area (Å²) in [5.74, 6) is 2.61. The number of pyridine rings is 1. The molecule has 3 aliphatic rings. The van der Waals surface area contributed by atoms with Crippen LogP contribution in [0.25, 0.3) is 11.2 Å². The Morgan fingerprint density at radius 1 is 1.05 bits per heavy atom. The standard InChI is InChI=1S/C33H34N8O2/c1-23-18-25(4-5-28(23)43-26-7-15-38-17-12-34-29(38)19-26)37-32-31-27(8-16-41(31)36-22-35-32)24-20-39(21-24)30(42)6-11-33-9-2-13-40(33)14-3-10-33/h4-8,11-12,15-19,22,24H,2-3,9-10,13-14,20-21H2,1H3,(H,35,36,37)/b11-6+. The fourth-order valence-electron chi connectivity index (χ4n) is 7.07. The lowest BCUT2D eigenvalue weighted by atomic mass is 9.91. The first-order valence-corrected chi connectivity index (χ1v) is 15.1. The van der Waals surface area contributed by atoms with E-state index >= 15 is 0 Å². The maximum Gasteiger partial charge on any atom is 0.246 e. The van der Waals surface area contributed by atoms with Crippen molar-refractivity contribution in [2.45, 2.75) is 44.1 Å². The van der Waals surface area contributed by atoms with E-state index in [1.165, 1.54) is 25.7 Å². The van der Waals surface area contributed by atoms with Crippen LogP contribution in [0.15, 0.2) is 79.7 Å². The Labute approximate surface area is 249 Å². The molecule has 8 rings (SSSR count). The van der Waals surface area contributed by atoms with Crippen molar-refractivity contribution in [1.29, 1.82) is 0 Å². The van der Waals surface area contributed by atoms with Crippen LogP contribution in [-0.2, 0) is 4.79 Å². The summed E-state index contributed by atoms with van der Waals surface area (Å²) < 4.78 is 9.97. The third-order valence-electron chi connectivity index (χ3n) is 9.39. The number of fused-ring (bicyclic) bond motifs is 3. The lowest BCUT2D eigenvalue weighted by Crippen LogP contribution is -2.48. The van der Waals surface area contributed by atoms with Gasteiger partial charge in [0.2, 0.25) is 5.91 Å².